The number of carbonyl (C=O) groups is 2. The fourth-order valence-electron chi connectivity index (χ4n) is 5.16. The fraction of sp³-hybridized carbons (Fsp3) is 0.267. The van der Waals surface area contributed by atoms with Gasteiger partial charge in [0.15, 0.2) is 0 Å². The van der Waals surface area contributed by atoms with Crippen molar-refractivity contribution in [1.29, 1.82) is 0 Å². The maximum Gasteiger partial charge on any atom is 0.300 e. The number of Topliss-reactive ketones (excluding diaryl/α,β-unsaturated/α-hetero) is 1. The summed E-state index contributed by atoms with van der Waals surface area (Å²) in [6.07, 6.45) is 2.33. The van der Waals surface area contributed by atoms with Gasteiger partial charge in [0.25, 0.3) is 11.7 Å². The first-order chi connectivity index (χ1) is 17.9. The van der Waals surface area contributed by atoms with Gasteiger partial charge < -0.3 is 14.7 Å². The summed E-state index contributed by atoms with van der Waals surface area (Å²) in [5, 5.41) is 11.8. The second-order valence-corrected chi connectivity index (χ2v) is 9.72. The summed E-state index contributed by atoms with van der Waals surface area (Å²) in [7, 11) is 0. The van der Waals surface area contributed by atoms with Gasteiger partial charge in [-0.25, -0.2) is 0 Å². The summed E-state index contributed by atoms with van der Waals surface area (Å²) < 4.78 is 5.58. The summed E-state index contributed by atoms with van der Waals surface area (Å²) in [5.74, 6) is -1.28. The van der Waals surface area contributed by atoms with Crippen LogP contribution in [0.25, 0.3) is 5.76 Å². The lowest BCUT2D eigenvalue weighted by molar-refractivity contribution is -0.132. The fourth-order valence-corrected chi connectivity index (χ4v) is 5.33. The lowest BCUT2D eigenvalue weighted by Gasteiger charge is -2.27. The minimum Gasteiger partial charge on any atom is -0.507 e. The number of nitrogens with zero attached hydrogens (tertiary/aromatic N) is 2. The molecule has 3 aromatic carbocycles. The van der Waals surface area contributed by atoms with Crippen LogP contribution in [0.15, 0.2) is 72.3 Å². The lowest BCUT2D eigenvalue weighted by atomic mass is 9.92. The van der Waals surface area contributed by atoms with Gasteiger partial charge in [0.1, 0.15) is 11.5 Å². The molecule has 0 saturated carbocycles. The van der Waals surface area contributed by atoms with Crippen LogP contribution in [0.5, 0.6) is 5.75 Å². The molecular formula is C30H29ClN2O4. The van der Waals surface area contributed by atoms with Crippen molar-refractivity contribution in [3.05, 3.63) is 94.0 Å². The second-order valence-electron chi connectivity index (χ2n) is 9.31. The van der Waals surface area contributed by atoms with Gasteiger partial charge in [-0.1, -0.05) is 35.9 Å². The topological polar surface area (TPSA) is 70.1 Å². The van der Waals surface area contributed by atoms with Crippen molar-refractivity contribution in [2.75, 3.05) is 29.5 Å². The highest BCUT2D eigenvalue weighted by molar-refractivity contribution is 6.51. The van der Waals surface area contributed by atoms with E-state index in [1.54, 1.807) is 18.2 Å². The van der Waals surface area contributed by atoms with E-state index in [1.165, 1.54) is 17.7 Å². The number of ketones is 1. The van der Waals surface area contributed by atoms with Crippen molar-refractivity contribution in [2.24, 2.45) is 0 Å². The number of benzene rings is 3. The van der Waals surface area contributed by atoms with Crippen molar-refractivity contribution in [3.8, 4) is 5.75 Å². The van der Waals surface area contributed by atoms with Crippen LogP contribution in [-0.4, -0.2) is 36.5 Å². The zero-order valence-corrected chi connectivity index (χ0v) is 21.7. The lowest BCUT2D eigenvalue weighted by Crippen LogP contribution is -2.29. The molecule has 7 heteroatoms. The van der Waals surface area contributed by atoms with Crippen LogP contribution in [0.2, 0.25) is 5.02 Å². The summed E-state index contributed by atoms with van der Waals surface area (Å²) in [4.78, 5) is 30.8. The number of anilines is 2. The summed E-state index contributed by atoms with van der Waals surface area (Å²) in [6, 6.07) is 19.4. The number of amides is 1. The van der Waals surface area contributed by atoms with Crippen molar-refractivity contribution < 1.29 is 19.4 Å². The van der Waals surface area contributed by atoms with Gasteiger partial charge in [-0.2, -0.15) is 0 Å². The smallest absolute Gasteiger partial charge is 0.300 e. The highest BCUT2D eigenvalue weighted by Gasteiger charge is 2.47. The molecule has 0 spiro atoms. The summed E-state index contributed by atoms with van der Waals surface area (Å²) >= 11 is 6.24. The first-order valence-electron chi connectivity index (χ1n) is 12.5. The van der Waals surface area contributed by atoms with E-state index in [0.29, 0.717) is 28.6 Å². The Morgan fingerprint density at radius 2 is 1.68 bits per heavy atom. The van der Waals surface area contributed by atoms with E-state index < -0.39 is 17.7 Å². The van der Waals surface area contributed by atoms with E-state index in [4.69, 9.17) is 16.3 Å². The Bertz CT molecular complexity index is 1380. The third-order valence-electron chi connectivity index (χ3n) is 7.03. The largest absolute Gasteiger partial charge is 0.507 e. The van der Waals surface area contributed by atoms with Crippen LogP contribution in [-0.2, 0) is 9.59 Å². The van der Waals surface area contributed by atoms with Gasteiger partial charge in [0, 0.05) is 30.0 Å². The number of halogens is 1. The van der Waals surface area contributed by atoms with Crippen molar-refractivity contribution in [2.45, 2.75) is 32.7 Å². The Kier molecular flexibility index (Phi) is 6.94. The Morgan fingerprint density at radius 1 is 1.00 bits per heavy atom. The zero-order chi connectivity index (χ0) is 26.1. The van der Waals surface area contributed by atoms with E-state index in [9.17, 15) is 14.7 Å². The van der Waals surface area contributed by atoms with Gasteiger partial charge >= 0.3 is 0 Å². The standard InChI is InChI=1S/C30H29ClN2O4/c1-3-37-25-18-20(10-15-24(25)31)28(34)26-27(23-9-5-4-8-19(23)2)33(30(36)29(26)35)22-13-11-21(12-14-22)32-16-6-7-17-32/h4-5,8-15,18,27,34H,3,6-7,16-17H2,1-2H3/b28-26+. The molecule has 190 valence electrons. The monoisotopic (exact) mass is 516 g/mol. The van der Waals surface area contributed by atoms with Crippen LogP contribution in [0.1, 0.15) is 42.5 Å². The van der Waals surface area contributed by atoms with Crippen LogP contribution in [0, 0.1) is 6.92 Å². The predicted octanol–water partition coefficient (Wildman–Crippen LogP) is 6.27. The number of aryl methyl sites for hydroxylation is 1. The number of aliphatic hydroxyl groups is 1. The van der Waals surface area contributed by atoms with Crippen molar-refractivity contribution >= 4 is 40.4 Å². The Hall–Kier alpha value is -3.77. The average Bonchev–Trinajstić information content (AvgIpc) is 3.53. The molecule has 2 saturated heterocycles. The normalized spacial score (nSPS) is 19.1. The molecular weight excluding hydrogens is 488 g/mol. The number of aliphatic hydroxyl groups excluding tert-OH is 1. The molecule has 0 radical (unpaired) electrons. The second kappa shape index (κ2) is 10.3. The average molecular weight is 517 g/mol. The molecule has 2 fully saturated rings. The molecule has 1 amide bonds. The number of carbonyl (C=O) groups excluding carboxylic acids is 2. The molecule has 2 aliphatic heterocycles. The molecule has 6 nitrogen and oxygen atoms in total. The quantitative estimate of drug-likeness (QED) is 0.237. The molecule has 1 atom stereocenters. The van der Waals surface area contributed by atoms with Crippen LogP contribution in [0.4, 0.5) is 11.4 Å². The first kappa shape index (κ1) is 24.9. The first-order valence-corrected chi connectivity index (χ1v) is 12.9. The van der Waals surface area contributed by atoms with Crippen LogP contribution < -0.4 is 14.5 Å². The zero-order valence-electron chi connectivity index (χ0n) is 20.9. The molecule has 1 N–H and O–H groups in total. The molecule has 5 rings (SSSR count). The maximum atomic E-state index is 13.5. The third-order valence-corrected chi connectivity index (χ3v) is 7.34. The maximum absolute atomic E-state index is 13.5. The number of hydrogen-bond acceptors (Lipinski definition) is 5. The van der Waals surface area contributed by atoms with E-state index >= 15 is 0 Å². The molecule has 3 aromatic rings. The van der Waals surface area contributed by atoms with Gasteiger partial charge in [0.2, 0.25) is 0 Å². The molecule has 0 bridgehead atoms. The van der Waals surface area contributed by atoms with E-state index in [0.717, 1.165) is 29.9 Å². The highest BCUT2D eigenvalue weighted by atomic mass is 35.5. The molecule has 0 aliphatic carbocycles. The Balaban J connectivity index is 1.64. The number of rotatable bonds is 6. The molecule has 37 heavy (non-hydrogen) atoms. The Labute approximate surface area is 221 Å². The highest BCUT2D eigenvalue weighted by Crippen LogP contribution is 2.44. The van der Waals surface area contributed by atoms with Crippen LogP contribution >= 0.6 is 11.6 Å². The van der Waals surface area contributed by atoms with Crippen molar-refractivity contribution in [3.63, 3.8) is 0 Å². The molecule has 1 unspecified atom stereocenters. The third kappa shape index (κ3) is 4.58. The SMILES string of the molecule is CCOc1cc(/C(O)=C2\C(=O)C(=O)N(c3ccc(N4CCCC4)cc3)C2c2ccccc2C)ccc1Cl. The minimum atomic E-state index is -0.787. The van der Waals surface area contributed by atoms with E-state index in [-0.39, 0.29) is 11.3 Å². The summed E-state index contributed by atoms with van der Waals surface area (Å²) in [5.41, 5.74) is 3.76. The molecule has 2 heterocycles. The molecule has 0 aromatic heterocycles. The van der Waals surface area contributed by atoms with Gasteiger partial charge in [-0.3, -0.25) is 14.5 Å². The number of hydrogen-bond donors (Lipinski definition) is 1. The number of ether oxygens (including phenoxy) is 1. The van der Waals surface area contributed by atoms with Gasteiger partial charge in [0.05, 0.1) is 23.2 Å². The van der Waals surface area contributed by atoms with Crippen LogP contribution in [0.3, 0.4) is 0 Å². The minimum absolute atomic E-state index is 0.0349. The Morgan fingerprint density at radius 3 is 2.35 bits per heavy atom. The van der Waals surface area contributed by atoms with Gasteiger partial charge in [-0.05, 0) is 80.3 Å². The molecule has 2 aliphatic rings. The predicted molar refractivity (Wildman–Crippen MR) is 146 cm³/mol. The van der Waals surface area contributed by atoms with E-state index in [1.807, 2.05) is 62.4 Å². The van der Waals surface area contributed by atoms with E-state index in [2.05, 4.69) is 4.90 Å². The van der Waals surface area contributed by atoms with Gasteiger partial charge in [-0.15, -0.1) is 0 Å². The summed E-state index contributed by atoms with van der Waals surface area (Å²) in [6.45, 7) is 6.18. The van der Waals surface area contributed by atoms with Crippen molar-refractivity contribution in [1.82, 2.24) is 0 Å².